The molecule has 20 heavy (non-hydrogen) atoms. The predicted octanol–water partition coefficient (Wildman–Crippen LogP) is 4.90. The number of aryl methyl sites for hydroxylation is 1. The van der Waals surface area contributed by atoms with Gasteiger partial charge in [0.1, 0.15) is 0 Å². The smallest absolute Gasteiger partial charge is 0.253 e. The van der Waals surface area contributed by atoms with Crippen molar-refractivity contribution in [2.24, 2.45) is 0 Å². The van der Waals surface area contributed by atoms with Gasteiger partial charge in [-0.25, -0.2) is 0 Å². The van der Waals surface area contributed by atoms with Crippen molar-refractivity contribution in [3.05, 3.63) is 68.7 Å². The van der Waals surface area contributed by atoms with E-state index in [-0.39, 0.29) is 11.9 Å². The van der Waals surface area contributed by atoms with E-state index < -0.39 is 0 Å². The van der Waals surface area contributed by atoms with Crippen LogP contribution in [0.2, 0.25) is 5.02 Å². The van der Waals surface area contributed by atoms with Crippen LogP contribution in [0.25, 0.3) is 0 Å². The number of carbonyl (C=O) groups is 1. The van der Waals surface area contributed by atoms with Gasteiger partial charge in [-0.15, -0.1) is 0 Å². The summed E-state index contributed by atoms with van der Waals surface area (Å²) in [5.41, 5.74) is 2.58. The van der Waals surface area contributed by atoms with E-state index in [0.29, 0.717) is 10.6 Å². The number of nitrogens with one attached hydrogen (secondary N) is 1. The van der Waals surface area contributed by atoms with Crippen molar-refractivity contribution in [3.63, 3.8) is 0 Å². The maximum Gasteiger partial charge on any atom is 0.253 e. The van der Waals surface area contributed by atoms with E-state index in [1.54, 1.807) is 12.1 Å². The second-order valence-electron chi connectivity index (χ2n) is 4.73. The fourth-order valence-corrected chi connectivity index (χ4v) is 2.50. The molecule has 0 fully saturated rings. The number of benzene rings is 2. The van der Waals surface area contributed by atoms with E-state index in [4.69, 9.17) is 11.6 Å². The number of carbonyl (C=O) groups excluding carboxylic acids is 1. The summed E-state index contributed by atoms with van der Waals surface area (Å²) in [5, 5.41) is 3.43. The molecule has 0 aliphatic carbocycles. The summed E-state index contributed by atoms with van der Waals surface area (Å²) >= 11 is 9.50. The first-order chi connectivity index (χ1) is 9.47. The number of amides is 1. The Bertz CT molecular complexity index is 625. The van der Waals surface area contributed by atoms with E-state index in [9.17, 15) is 4.79 Å². The maximum atomic E-state index is 12.2. The van der Waals surface area contributed by atoms with Crippen molar-refractivity contribution in [1.29, 1.82) is 0 Å². The van der Waals surface area contributed by atoms with E-state index in [2.05, 4.69) is 21.2 Å². The minimum Gasteiger partial charge on any atom is -0.345 e. The summed E-state index contributed by atoms with van der Waals surface area (Å²) in [6.07, 6.45) is 0. The standard InChI is InChI=1S/C16H15BrClNO/c1-10-3-8-14(15(18)9-10)16(20)19-11(2)12-4-6-13(17)7-5-12/h3-9,11H,1-2H3,(H,19,20). The van der Waals surface area contributed by atoms with Crippen LogP contribution in [0.3, 0.4) is 0 Å². The summed E-state index contributed by atoms with van der Waals surface area (Å²) in [7, 11) is 0. The molecule has 0 aliphatic heterocycles. The van der Waals surface area contributed by atoms with Crippen LogP contribution in [-0.2, 0) is 0 Å². The van der Waals surface area contributed by atoms with Gasteiger partial charge in [-0.2, -0.15) is 0 Å². The van der Waals surface area contributed by atoms with Gasteiger partial charge in [0.15, 0.2) is 0 Å². The van der Waals surface area contributed by atoms with Crippen LogP contribution < -0.4 is 5.32 Å². The molecule has 0 aliphatic rings. The maximum absolute atomic E-state index is 12.2. The van der Waals surface area contributed by atoms with Crippen molar-refractivity contribution in [3.8, 4) is 0 Å². The third-order valence-corrected chi connectivity index (χ3v) is 3.93. The molecule has 0 heterocycles. The summed E-state index contributed by atoms with van der Waals surface area (Å²) in [6, 6.07) is 13.2. The van der Waals surface area contributed by atoms with Crippen molar-refractivity contribution >= 4 is 33.4 Å². The predicted molar refractivity (Wildman–Crippen MR) is 86.2 cm³/mol. The highest BCUT2D eigenvalue weighted by atomic mass is 79.9. The van der Waals surface area contributed by atoms with Gasteiger partial charge >= 0.3 is 0 Å². The van der Waals surface area contributed by atoms with Crippen LogP contribution in [-0.4, -0.2) is 5.91 Å². The van der Waals surface area contributed by atoms with Crippen LogP contribution >= 0.6 is 27.5 Å². The molecular formula is C16H15BrClNO. The summed E-state index contributed by atoms with van der Waals surface area (Å²) < 4.78 is 1.02. The molecule has 2 rings (SSSR count). The first kappa shape index (κ1) is 15.1. The normalized spacial score (nSPS) is 12.0. The quantitative estimate of drug-likeness (QED) is 0.836. The molecule has 1 amide bonds. The number of rotatable bonds is 3. The topological polar surface area (TPSA) is 29.1 Å². The molecule has 104 valence electrons. The molecule has 1 N–H and O–H groups in total. The second-order valence-corrected chi connectivity index (χ2v) is 6.05. The Morgan fingerprint density at radius 3 is 2.45 bits per heavy atom. The van der Waals surface area contributed by atoms with Gasteiger partial charge in [0.25, 0.3) is 5.91 Å². The molecule has 1 atom stereocenters. The molecular weight excluding hydrogens is 338 g/mol. The molecule has 0 saturated carbocycles. The monoisotopic (exact) mass is 351 g/mol. The first-order valence-electron chi connectivity index (χ1n) is 6.30. The fourth-order valence-electron chi connectivity index (χ4n) is 1.91. The van der Waals surface area contributed by atoms with E-state index in [1.807, 2.05) is 44.2 Å². The molecule has 0 spiro atoms. The lowest BCUT2D eigenvalue weighted by molar-refractivity contribution is 0.0940. The Morgan fingerprint density at radius 2 is 1.85 bits per heavy atom. The lowest BCUT2D eigenvalue weighted by Crippen LogP contribution is -2.26. The number of halogens is 2. The minimum absolute atomic E-state index is 0.0760. The zero-order valence-electron chi connectivity index (χ0n) is 11.3. The van der Waals surface area contributed by atoms with Crippen molar-refractivity contribution < 1.29 is 4.79 Å². The van der Waals surface area contributed by atoms with Gasteiger partial charge in [0.2, 0.25) is 0 Å². The van der Waals surface area contributed by atoms with Crippen LogP contribution in [0.5, 0.6) is 0 Å². The zero-order chi connectivity index (χ0) is 14.7. The van der Waals surface area contributed by atoms with Gasteiger partial charge in [0, 0.05) is 4.47 Å². The van der Waals surface area contributed by atoms with Crippen LogP contribution in [0.4, 0.5) is 0 Å². The molecule has 0 radical (unpaired) electrons. The van der Waals surface area contributed by atoms with Crippen LogP contribution in [0, 0.1) is 6.92 Å². The highest BCUT2D eigenvalue weighted by molar-refractivity contribution is 9.10. The molecule has 2 nitrogen and oxygen atoms in total. The minimum atomic E-state index is -0.162. The Hall–Kier alpha value is -1.32. The van der Waals surface area contributed by atoms with Crippen molar-refractivity contribution in [2.75, 3.05) is 0 Å². The van der Waals surface area contributed by atoms with Crippen molar-refractivity contribution in [2.45, 2.75) is 19.9 Å². The molecule has 4 heteroatoms. The molecule has 0 saturated heterocycles. The summed E-state index contributed by atoms with van der Waals surface area (Å²) in [5.74, 6) is -0.162. The van der Waals surface area contributed by atoms with Crippen LogP contribution in [0.1, 0.15) is 34.5 Å². The third kappa shape index (κ3) is 3.62. The lowest BCUT2D eigenvalue weighted by Gasteiger charge is -2.15. The summed E-state index contributed by atoms with van der Waals surface area (Å²) in [6.45, 7) is 3.89. The van der Waals surface area contributed by atoms with Gasteiger partial charge in [-0.1, -0.05) is 45.7 Å². The molecule has 0 aromatic heterocycles. The fraction of sp³-hybridized carbons (Fsp3) is 0.188. The Morgan fingerprint density at radius 1 is 1.20 bits per heavy atom. The molecule has 1 unspecified atom stereocenters. The van der Waals surface area contributed by atoms with E-state index in [0.717, 1.165) is 15.6 Å². The van der Waals surface area contributed by atoms with Crippen LogP contribution in [0.15, 0.2) is 46.9 Å². The van der Waals surface area contributed by atoms with Gasteiger partial charge in [0.05, 0.1) is 16.6 Å². The average Bonchev–Trinajstić information content (AvgIpc) is 2.39. The lowest BCUT2D eigenvalue weighted by atomic mass is 10.1. The van der Waals surface area contributed by atoms with Crippen molar-refractivity contribution in [1.82, 2.24) is 5.32 Å². The van der Waals surface area contributed by atoms with E-state index in [1.165, 1.54) is 0 Å². The Labute approximate surface area is 132 Å². The number of hydrogen-bond donors (Lipinski definition) is 1. The largest absolute Gasteiger partial charge is 0.345 e. The SMILES string of the molecule is Cc1ccc(C(=O)NC(C)c2ccc(Br)cc2)c(Cl)c1. The highest BCUT2D eigenvalue weighted by Gasteiger charge is 2.14. The summed E-state index contributed by atoms with van der Waals surface area (Å²) in [4.78, 5) is 12.2. The Kier molecular flexibility index (Phi) is 4.84. The van der Waals surface area contributed by atoms with Gasteiger partial charge < -0.3 is 5.32 Å². The Balaban J connectivity index is 2.13. The van der Waals surface area contributed by atoms with Gasteiger partial charge in [-0.3, -0.25) is 4.79 Å². The molecule has 2 aromatic rings. The van der Waals surface area contributed by atoms with Gasteiger partial charge in [-0.05, 0) is 49.2 Å². The average molecular weight is 353 g/mol. The third-order valence-electron chi connectivity index (χ3n) is 3.09. The highest BCUT2D eigenvalue weighted by Crippen LogP contribution is 2.20. The first-order valence-corrected chi connectivity index (χ1v) is 7.47. The second kappa shape index (κ2) is 6.42. The zero-order valence-corrected chi connectivity index (χ0v) is 13.6. The van der Waals surface area contributed by atoms with E-state index >= 15 is 0 Å². The number of hydrogen-bond acceptors (Lipinski definition) is 1. The molecule has 2 aromatic carbocycles. The molecule has 0 bridgehead atoms.